The molecule has 2 amide bonds. The third-order valence-corrected chi connectivity index (χ3v) is 6.47. The van der Waals surface area contributed by atoms with Gasteiger partial charge in [-0.3, -0.25) is 14.7 Å². The number of ether oxygens (including phenoxy) is 1. The minimum absolute atomic E-state index is 0.179. The van der Waals surface area contributed by atoms with E-state index < -0.39 is 6.04 Å². The molecule has 2 heterocycles. The molecule has 0 spiro atoms. The van der Waals surface area contributed by atoms with Gasteiger partial charge >= 0.3 is 12.0 Å². The molecule has 2 aliphatic rings. The van der Waals surface area contributed by atoms with Gasteiger partial charge in [0.2, 0.25) is 0 Å². The molecule has 34 heavy (non-hydrogen) atoms. The predicted molar refractivity (Wildman–Crippen MR) is 132 cm³/mol. The molecular weight excluding hydrogens is 428 g/mol. The molecule has 2 aromatic rings. The van der Waals surface area contributed by atoms with Gasteiger partial charge in [-0.2, -0.15) is 0 Å². The summed E-state index contributed by atoms with van der Waals surface area (Å²) in [5.41, 5.74) is 3.46. The number of piperazine rings is 1. The van der Waals surface area contributed by atoms with Crippen LogP contribution in [0.1, 0.15) is 31.0 Å². The number of urea groups is 1. The van der Waals surface area contributed by atoms with Crippen molar-refractivity contribution < 1.29 is 14.3 Å². The smallest absolute Gasteiger partial charge is 0.338 e. The molecular formula is C27H34N4O3. The van der Waals surface area contributed by atoms with Crippen LogP contribution in [0.2, 0.25) is 0 Å². The van der Waals surface area contributed by atoms with E-state index in [1.54, 1.807) is 11.8 Å². The average Bonchev–Trinajstić information content (AvgIpc) is 2.86. The number of nitrogens with zero attached hydrogens (tertiary/aromatic N) is 3. The molecule has 7 heteroatoms. The van der Waals surface area contributed by atoms with Crippen LogP contribution in [0.5, 0.6) is 0 Å². The number of amides is 2. The van der Waals surface area contributed by atoms with Crippen molar-refractivity contribution in [3.05, 3.63) is 83.1 Å². The van der Waals surface area contributed by atoms with Crippen molar-refractivity contribution in [2.24, 2.45) is 0 Å². The summed E-state index contributed by atoms with van der Waals surface area (Å²) in [7, 11) is 0. The Balaban J connectivity index is 1.56. The third kappa shape index (κ3) is 5.48. The van der Waals surface area contributed by atoms with Crippen molar-refractivity contribution in [1.29, 1.82) is 0 Å². The van der Waals surface area contributed by atoms with Gasteiger partial charge in [0.05, 0.1) is 18.2 Å². The molecule has 1 atom stereocenters. The zero-order chi connectivity index (χ0) is 23.9. The Morgan fingerprint density at radius 2 is 1.50 bits per heavy atom. The van der Waals surface area contributed by atoms with E-state index >= 15 is 0 Å². The zero-order valence-electron chi connectivity index (χ0n) is 20.1. The van der Waals surface area contributed by atoms with Gasteiger partial charge in [0.15, 0.2) is 0 Å². The fraction of sp³-hybridized carbons (Fsp3) is 0.407. The Hall–Kier alpha value is -3.16. The topological polar surface area (TPSA) is 65.1 Å². The maximum atomic E-state index is 13.2. The molecule has 1 N–H and O–H groups in total. The fourth-order valence-corrected chi connectivity index (χ4v) is 4.71. The molecule has 7 nitrogen and oxygen atoms in total. The molecule has 1 unspecified atom stereocenters. The first-order valence-electron chi connectivity index (χ1n) is 12.1. The first kappa shape index (κ1) is 24.0. The van der Waals surface area contributed by atoms with Crippen LogP contribution in [0.25, 0.3) is 0 Å². The number of benzene rings is 2. The second-order valence-corrected chi connectivity index (χ2v) is 8.66. The van der Waals surface area contributed by atoms with Crippen molar-refractivity contribution in [3.8, 4) is 0 Å². The summed E-state index contributed by atoms with van der Waals surface area (Å²) in [4.78, 5) is 32.7. The minimum Gasteiger partial charge on any atom is -0.463 e. The molecule has 1 fully saturated rings. The van der Waals surface area contributed by atoms with Gasteiger partial charge in [0.25, 0.3) is 0 Å². The van der Waals surface area contributed by atoms with E-state index in [9.17, 15) is 9.59 Å². The highest BCUT2D eigenvalue weighted by Gasteiger charge is 2.38. The van der Waals surface area contributed by atoms with E-state index in [1.807, 2.05) is 43.3 Å². The molecule has 0 saturated carbocycles. The highest BCUT2D eigenvalue weighted by Crippen LogP contribution is 2.32. The van der Waals surface area contributed by atoms with Crippen LogP contribution in [0.3, 0.4) is 0 Å². The van der Waals surface area contributed by atoms with E-state index in [2.05, 4.69) is 39.4 Å². The van der Waals surface area contributed by atoms with Gasteiger partial charge < -0.3 is 10.1 Å². The first-order chi connectivity index (χ1) is 16.6. The molecule has 0 bridgehead atoms. The summed E-state index contributed by atoms with van der Waals surface area (Å²) in [5, 5.41) is 3.03. The number of carbonyl (C=O) groups excluding carboxylic acids is 2. The van der Waals surface area contributed by atoms with Gasteiger partial charge in [-0.25, -0.2) is 9.59 Å². The Morgan fingerprint density at radius 3 is 2.09 bits per heavy atom. The van der Waals surface area contributed by atoms with Crippen LogP contribution in [-0.2, 0) is 16.1 Å². The van der Waals surface area contributed by atoms with Gasteiger partial charge in [-0.05, 0) is 25.0 Å². The number of esters is 1. The van der Waals surface area contributed by atoms with Gasteiger partial charge in [0.1, 0.15) is 0 Å². The fourth-order valence-electron chi connectivity index (χ4n) is 4.71. The summed E-state index contributed by atoms with van der Waals surface area (Å²) in [5.74, 6) is -0.368. The van der Waals surface area contributed by atoms with Crippen molar-refractivity contribution >= 4 is 12.0 Å². The lowest BCUT2D eigenvalue weighted by Crippen LogP contribution is -2.53. The van der Waals surface area contributed by atoms with Crippen molar-refractivity contribution in [3.63, 3.8) is 0 Å². The van der Waals surface area contributed by atoms with Crippen LogP contribution in [-0.4, -0.2) is 72.6 Å². The number of rotatable bonds is 8. The van der Waals surface area contributed by atoms with Crippen LogP contribution in [0.4, 0.5) is 4.79 Å². The molecule has 0 aliphatic carbocycles. The maximum Gasteiger partial charge on any atom is 0.338 e. The molecule has 4 rings (SSSR count). The maximum absolute atomic E-state index is 13.2. The predicted octanol–water partition coefficient (Wildman–Crippen LogP) is 3.41. The molecule has 2 aliphatic heterocycles. The zero-order valence-corrected chi connectivity index (χ0v) is 20.1. The molecule has 180 valence electrons. The number of carbonyl (C=O) groups is 2. The molecule has 2 aromatic carbocycles. The highest BCUT2D eigenvalue weighted by molar-refractivity contribution is 5.95. The lowest BCUT2D eigenvalue weighted by atomic mass is 9.94. The number of hydrogen-bond donors (Lipinski definition) is 1. The van der Waals surface area contributed by atoms with Crippen LogP contribution >= 0.6 is 0 Å². The summed E-state index contributed by atoms with van der Waals surface area (Å²) < 4.78 is 5.46. The SMILES string of the molecule is CCOC(=O)C1=C(CN2CCN(Cc3ccccc3)CC2)N(CC)C(=O)NC1c1ccccc1. The summed E-state index contributed by atoms with van der Waals surface area (Å²) in [6.07, 6.45) is 0. The largest absolute Gasteiger partial charge is 0.463 e. The second kappa shape index (κ2) is 11.3. The quantitative estimate of drug-likeness (QED) is 0.609. The Labute approximate surface area is 202 Å². The Bertz CT molecular complexity index is 1000. The van der Waals surface area contributed by atoms with Gasteiger partial charge in [-0.15, -0.1) is 0 Å². The van der Waals surface area contributed by atoms with E-state index in [-0.39, 0.29) is 18.6 Å². The van der Waals surface area contributed by atoms with Crippen LogP contribution < -0.4 is 5.32 Å². The minimum atomic E-state index is -0.523. The van der Waals surface area contributed by atoms with Crippen molar-refractivity contribution in [1.82, 2.24) is 20.0 Å². The molecule has 0 radical (unpaired) electrons. The van der Waals surface area contributed by atoms with Gasteiger partial charge in [0, 0.05) is 51.5 Å². The third-order valence-electron chi connectivity index (χ3n) is 6.47. The monoisotopic (exact) mass is 462 g/mol. The lowest BCUT2D eigenvalue weighted by molar-refractivity contribution is -0.139. The number of hydrogen-bond acceptors (Lipinski definition) is 5. The standard InChI is InChI=1S/C27H34N4O3/c1-3-31-23(20-30-17-15-29(16-18-30)19-21-11-7-5-8-12-21)24(26(32)34-4-2)25(28-27(31)33)22-13-9-6-10-14-22/h5-14,25H,3-4,15-20H2,1-2H3,(H,28,33). The summed E-state index contributed by atoms with van der Waals surface area (Å²) in [6, 6.07) is 19.4. The number of nitrogens with one attached hydrogen (secondary N) is 1. The molecule has 0 aromatic heterocycles. The van der Waals surface area contributed by atoms with Crippen LogP contribution in [0.15, 0.2) is 71.9 Å². The average molecular weight is 463 g/mol. The van der Waals surface area contributed by atoms with Crippen molar-refractivity contribution in [2.75, 3.05) is 45.9 Å². The lowest BCUT2D eigenvalue weighted by Gasteiger charge is -2.40. The normalized spacial score (nSPS) is 19.8. The Kier molecular flexibility index (Phi) is 7.98. The highest BCUT2D eigenvalue weighted by atomic mass is 16.5. The van der Waals surface area contributed by atoms with E-state index in [0.29, 0.717) is 18.7 Å². The number of likely N-dealkylation sites (N-methyl/N-ethyl adjacent to an activating group) is 1. The van der Waals surface area contributed by atoms with E-state index in [1.165, 1.54) is 5.56 Å². The van der Waals surface area contributed by atoms with Crippen molar-refractivity contribution in [2.45, 2.75) is 26.4 Å². The molecule has 1 saturated heterocycles. The Morgan fingerprint density at radius 1 is 0.912 bits per heavy atom. The summed E-state index contributed by atoms with van der Waals surface area (Å²) >= 11 is 0. The first-order valence-corrected chi connectivity index (χ1v) is 12.1. The second-order valence-electron chi connectivity index (χ2n) is 8.66. The van der Waals surface area contributed by atoms with E-state index in [4.69, 9.17) is 4.74 Å². The van der Waals surface area contributed by atoms with Gasteiger partial charge in [-0.1, -0.05) is 60.7 Å². The summed E-state index contributed by atoms with van der Waals surface area (Å²) in [6.45, 7) is 9.62. The van der Waals surface area contributed by atoms with Crippen LogP contribution in [0, 0.1) is 0 Å². The van der Waals surface area contributed by atoms with E-state index in [0.717, 1.165) is 44.0 Å².